The molecule has 1 aromatic rings. The monoisotopic (exact) mass is 300 g/mol. The first-order chi connectivity index (χ1) is 10.7. The van der Waals surface area contributed by atoms with Crippen LogP contribution in [0.5, 0.6) is 5.75 Å². The van der Waals surface area contributed by atoms with E-state index in [1.165, 1.54) is 0 Å². The summed E-state index contributed by atoms with van der Waals surface area (Å²) in [6, 6.07) is 8.21. The second-order valence-corrected chi connectivity index (χ2v) is 6.26. The third kappa shape index (κ3) is 2.23. The Labute approximate surface area is 130 Å². The molecule has 0 spiro atoms. The van der Waals surface area contributed by atoms with Gasteiger partial charge >= 0.3 is 0 Å². The zero-order valence-electron chi connectivity index (χ0n) is 13.1. The van der Waals surface area contributed by atoms with E-state index in [0.29, 0.717) is 0 Å². The largest absolute Gasteiger partial charge is 0.462 e. The Hall–Kier alpha value is -2.08. The van der Waals surface area contributed by atoms with Crippen molar-refractivity contribution < 1.29 is 9.64 Å². The van der Waals surface area contributed by atoms with Crippen LogP contribution in [0.2, 0.25) is 0 Å². The molecule has 116 valence electrons. The van der Waals surface area contributed by atoms with Crippen LogP contribution in [-0.4, -0.2) is 57.4 Å². The minimum Gasteiger partial charge on any atom is -0.462 e. The molecular weight excluding hydrogens is 278 g/mol. The number of nitrogens with one attached hydrogen (secondary N) is 1. The van der Waals surface area contributed by atoms with Crippen molar-refractivity contribution in [2.75, 3.05) is 45.2 Å². The number of azo groups is 1. The van der Waals surface area contributed by atoms with Crippen LogP contribution < -0.4 is 14.5 Å². The number of nitrogens with zero attached hydrogens (tertiary/aromatic N) is 4. The van der Waals surface area contributed by atoms with Crippen LogP contribution in [0.1, 0.15) is 0 Å². The zero-order chi connectivity index (χ0) is 15.1. The fraction of sp³-hybridized carbons (Fsp3) is 0.500. The van der Waals surface area contributed by atoms with Crippen molar-refractivity contribution in [3.63, 3.8) is 0 Å². The molecule has 22 heavy (non-hydrogen) atoms. The van der Waals surface area contributed by atoms with Gasteiger partial charge in [0.1, 0.15) is 17.6 Å². The van der Waals surface area contributed by atoms with Crippen LogP contribution in [0.3, 0.4) is 0 Å². The Morgan fingerprint density at radius 3 is 2.82 bits per heavy atom. The average molecular weight is 300 g/mol. The molecule has 1 fully saturated rings. The Morgan fingerprint density at radius 2 is 2.00 bits per heavy atom. The first-order valence-corrected chi connectivity index (χ1v) is 7.90. The highest BCUT2D eigenvalue weighted by molar-refractivity contribution is 5.61. The maximum absolute atomic E-state index is 5.99. The normalized spacial score (nSPS) is 27.8. The standard InChI is InChI=1S/C16H21N5O/c1-19-7-9-21(10-8-19)15-11-13-16(18-17-15)22-14-6-4-3-5-12(14)20(13)2/h3-6,11,13,16H,7-10H2,1-2H3/p+1/t13-,16-/m0/s1. The Kier molecular flexibility index (Phi) is 3.26. The van der Waals surface area contributed by atoms with E-state index >= 15 is 0 Å². The number of para-hydroxylation sites is 2. The lowest BCUT2D eigenvalue weighted by Gasteiger charge is -2.40. The number of likely N-dealkylation sites (N-methyl/N-ethyl adjacent to an activating group) is 2. The lowest BCUT2D eigenvalue weighted by atomic mass is 10.1. The molecule has 3 aliphatic heterocycles. The van der Waals surface area contributed by atoms with E-state index in [1.807, 2.05) is 18.2 Å². The van der Waals surface area contributed by atoms with Gasteiger partial charge in [0.05, 0.1) is 38.9 Å². The number of quaternary nitrogens is 1. The summed E-state index contributed by atoms with van der Waals surface area (Å²) in [5, 5.41) is 8.84. The highest BCUT2D eigenvalue weighted by atomic mass is 16.5. The number of fused-ring (bicyclic) bond motifs is 2. The van der Waals surface area contributed by atoms with Crippen molar-refractivity contribution in [1.82, 2.24) is 4.90 Å². The maximum Gasteiger partial charge on any atom is 0.232 e. The lowest BCUT2D eigenvalue weighted by molar-refractivity contribution is -0.884. The number of hydrogen-bond acceptors (Lipinski definition) is 5. The molecule has 1 aromatic carbocycles. The van der Waals surface area contributed by atoms with Gasteiger partial charge in [0.2, 0.25) is 6.23 Å². The van der Waals surface area contributed by atoms with Crippen LogP contribution in [0.4, 0.5) is 5.69 Å². The topological polar surface area (TPSA) is 44.9 Å². The van der Waals surface area contributed by atoms with Gasteiger partial charge in [-0.3, -0.25) is 0 Å². The molecule has 0 bridgehead atoms. The molecule has 1 saturated heterocycles. The van der Waals surface area contributed by atoms with Crippen molar-refractivity contribution >= 4 is 5.69 Å². The number of hydrogen-bond donors (Lipinski definition) is 1. The van der Waals surface area contributed by atoms with E-state index in [9.17, 15) is 0 Å². The molecule has 0 saturated carbocycles. The lowest BCUT2D eigenvalue weighted by Crippen LogP contribution is -3.11. The third-order valence-electron chi connectivity index (χ3n) is 4.77. The molecule has 0 unspecified atom stereocenters. The van der Waals surface area contributed by atoms with Gasteiger partial charge in [-0.1, -0.05) is 12.1 Å². The van der Waals surface area contributed by atoms with Crippen molar-refractivity contribution in [2.45, 2.75) is 12.3 Å². The first-order valence-electron chi connectivity index (χ1n) is 7.90. The molecule has 0 aliphatic carbocycles. The first kappa shape index (κ1) is 13.6. The van der Waals surface area contributed by atoms with Gasteiger partial charge in [0.15, 0.2) is 0 Å². The summed E-state index contributed by atoms with van der Waals surface area (Å²) in [4.78, 5) is 6.15. The van der Waals surface area contributed by atoms with Gasteiger partial charge in [-0.2, -0.15) is 0 Å². The van der Waals surface area contributed by atoms with Crippen molar-refractivity contribution in [2.24, 2.45) is 10.2 Å². The molecule has 6 nitrogen and oxygen atoms in total. The summed E-state index contributed by atoms with van der Waals surface area (Å²) in [5.74, 6) is 1.87. The quantitative estimate of drug-likeness (QED) is 0.814. The molecule has 2 atom stereocenters. The van der Waals surface area contributed by atoms with Crippen molar-refractivity contribution in [3.8, 4) is 5.75 Å². The molecule has 0 amide bonds. The maximum atomic E-state index is 5.99. The van der Waals surface area contributed by atoms with Gasteiger partial charge in [-0.25, -0.2) is 0 Å². The third-order valence-corrected chi connectivity index (χ3v) is 4.77. The van der Waals surface area contributed by atoms with Crippen molar-refractivity contribution in [1.29, 1.82) is 0 Å². The smallest absolute Gasteiger partial charge is 0.232 e. The van der Waals surface area contributed by atoms with Gasteiger partial charge in [0, 0.05) is 7.05 Å². The molecule has 4 rings (SSSR count). The summed E-state index contributed by atoms with van der Waals surface area (Å²) in [5.41, 5.74) is 1.11. The summed E-state index contributed by atoms with van der Waals surface area (Å²) in [6.07, 6.45) is 1.95. The fourth-order valence-electron chi connectivity index (χ4n) is 3.27. The SMILES string of the molecule is CN1c2ccccc2O[C@@H]2N=NC(N3CC[NH+](C)CC3)=C[C@@H]21. The van der Waals surface area contributed by atoms with E-state index in [2.05, 4.69) is 46.3 Å². The van der Waals surface area contributed by atoms with Gasteiger partial charge in [-0.05, 0) is 18.2 Å². The molecule has 3 heterocycles. The summed E-state index contributed by atoms with van der Waals surface area (Å²) >= 11 is 0. The number of benzene rings is 1. The van der Waals surface area contributed by atoms with E-state index in [-0.39, 0.29) is 12.3 Å². The Balaban J connectivity index is 1.59. The van der Waals surface area contributed by atoms with Gasteiger partial charge in [-0.15, -0.1) is 10.2 Å². The Morgan fingerprint density at radius 1 is 1.23 bits per heavy atom. The van der Waals surface area contributed by atoms with Crippen LogP contribution in [0, 0.1) is 0 Å². The molecule has 0 aromatic heterocycles. The van der Waals surface area contributed by atoms with Crippen LogP contribution >= 0.6 is 0 Å². The zero-order valence-corrected chi connectivity index (χ0v) is 13.1. The second-order valence-electron chi connectivity index (χ2n) is 6.26. The predicted molar refractivity (Wildman–Crippen MR) is 84.2 cm³/mol. The van der Waals surface area contributed by atoms with E-state index < -0.39 is 0 Å². The van der Waals surface area contributed by atoms with E-state index in [4.69, 9.17) is 4.74 Å². The second kappa shape index (κ2) is 5.28. The van der Waals surface area contributed by atoms with Crippen LogP contribution in [0.25, 0.3) is 0 Å². The van der Waals surface area contributed by atoms with Crippen LogP contribution in [-0.2, 0) is 0 Å². The number of rotatable bonds is 1. The highest BCUT2D eigenvalue weighted by Gasteiger charge is 2.36. The summed E-state index contributed by atoms with van der Waals surface area (Å²) in [7, 11) is 4.34. The molecule has 0 radical (unpaired) electrons. The minimum atomic E-state index is -0.248. The molecular formula is C16H22N5O+. The van der Waals surface area contributed by atoms with Gasteiger partial charge in [0.25, 0.3) is 0 Å². The fourth-order valence-corrected chi connectivity index (χ4v) is 3.27. The van der Waals surface area contributed by atoms with Crippen molar-refractivity contribution in [3.05, 3.63) is 36.2 Å². The highest BCUT2D eigenvalue weighted by Crippen LogP contribution is 2.37. The number of ether oxygens (including phenoxy) is 1. The minimum absolute atomic E-state index is 0.106. The van der Waals surface area contributed by atoms with Gasteiger partial charge < -0.3 is 19.4 Å². The number of anilines is 1. The van der Waals surface area contributed by atoms with E-state index in [1.54, 1.807) is 4.90 Å². The predicted octanol–water partition coefficient (Wildman–Crippen LogP) is 0.347. The molecule has 6 heteroatoms. The number of piperazine rings is 1. The van der Waals surface area contributed by atoms with E-state index in [0.717, 1.165) is 43.4 Å². The summed E-state index contributed by atoms with van der Waals surface area (Å²) in [6.45, 7) is 4.37. The van der Waals surface area contributed by atoms with Crippen LogP contribution in [0.15, 0.2) is 46.4 Å². The average Bonchev–Trinajstić information content (AvgIpc) is 2.56. The summed E-state index contributed by atoms with van der Waals surface area (Å²) < 4.78 is 5.99. The Bertz CT molecular complexity index is 621. The molecule has 3 aliphatic rings. The molecule has 1 N–H and O–H groups in total.